The molecular formula is C32H34F7N3O4. The molecule has 0 aromatic heterocycles. The number of aromatic carboxylic acids is 1. The topological polar surface area (TPSA) is 73.3 Å². The van der Waals surface area contributed by atoms with E-state index >= 15 is 0 Å². The van der Waals surface area contributed by atoms with Gasteiger partial charge in [-0.2, -0.15) is 26.3 Å². The molecule has 1 N–H and O–H groups in total. The van der Waals surface area contributed by atoms with Crippen LogP contribution >= 0.6 is 0 Å². The summed E-state index contributed by atoms with van der Waals surface area (Å²) in [4.78, 5) is 31.1. The Kier molecular flexibility index (Phi) is 8.27. The number of benzene rings is 2. The summed E-state index contributed by atoms with van der Waals surface area (Å²) in [5.41, 5.74) is -4.01. The summed E-state index contributed by atoms with van der Waals surface area (Å²) in [5.74, 6) is -2.59. The van der Waals surface area contributed by atoms with Crippen LogP contribution in [-0.4, -0.2) is 77.3 Å². The van der Waals surface area contributed by atoms with Crippen molar-refractivity contribution in [2.24, 2.45) is 5.92 Å². The normalized spacial score (nSPS) is 26.2. The Hall–Kier alpha value is -3.39. The smallest absolute Gasteiger partial charge is 0.416 e. The lowest BCUT2D eigenvalue weighted by molar-refractivity contribution is -0.176. The number of alkyl halides is 6. The van der Waals surface area contributed by atoms with Gasteiger partial charge in [-0.25, -0.2) is 9.18 Å². The maximum absolute atomic E-state index is 14.0. The molecule has 1 saturated carbocycles. The lowest BCUT2D eigenvalue weighted by atomic mass is 9.84. The van der Waals surface area contributed by atoms with Crippen LogP contribution < -0.4 is 4.90 Å². The Balaban J connectivity index is 1.14. The summed E-state index contributed by atoms with van der Waals surface area (Å²) in [6.07, 6.45) is -7.63. The number of hydrogen-bond donors (Lipinski definition) is 1. The van der Waals surface area contributed by atoms with Crippen molar-refractivity contribution in [3.63, 3.8) is 0 Å². The van der Waals surface area contributed by atoms with E-state index in [0.29, 0.717) is 38.2 Å². The second-order valence-electron chi connectivity index (χ2n) is 12.8. The van der Waals surface area contributed by atoms with Crippen LogP contribution in [-0.2, 0) is 34.8 Å². The third kappa shape index (κ3) is 6.05. The van der Waals surface area contributed by atoms with E-state index in [0.717, 1.165) is 25.0 Å². The van der Waals surface area contributed by atoms with Crippen molar-refractivity contribution in [2.75, 3.05) is 37.7 Å². The van der Waals surface area contributed by atoms with Gasteiger partial charge in [-0.15, -0.1) is 0 Å². The first kappa shape index (κ1) is 32.5. The first-order valence-electron chi connectivity index (χ1n) is 15.4. The van der Waals surface area contributed by atoms with Crippen LogP contribution in [0, 0.1) is 11.7 Å². The standard InChI is InChI=1S/C32H34F7N3O4/c1-18-15-40(10-11-42(18)22-4-5-27(33)25(14-22)28(43)44)23-6-8-30(46-17-23,20-2-3-20)29(45)41-9-7-24-19(16-41)12-21(31(34,35)36)13-26(24)32(37,38)39/h4-5,12-14,18,20,23H,2-3,6-11,15-17H2,1H3,(H,43,44)/t18-,23?,30-/m0/s1. The summed E-state index contributed by atoms with van der Waals surface area (Å²) in [5, 5.41) is 9.31. The van der Waals surface area contributed by atoms with E-state index in [1.54, 1.807) is 6.07 Å². The molecule has 250 valence electrons. The highest BCUT2D eigenvalue weighted by Crippen LogP contribution is 2.49. The minimum Gasteiger partial charge on any atom is -0.478 e. The molecule has 1 amide bonds. The van der Waals surface area contributed by atoms with Crippen LogP contribution in [0.25, 0.3) is 0 Å². The number of carboxylic acid groups (broad SMARTS) is 1. The first-order valence-corrected chi connectivity index (χ1v) is 15.4. The van der Waals surface area contributed by atoms with E-state index in [1.165, 1.54) is 11.0 Å². The number of fused-ring (bicyclic) bond motifs is 1. The van der Waals surface area contributed by atoms with Gasteiger partial charge in [-0.1, -0.05) is 0 Å². The third-order valence-corrected chi connectivity index (χ3v) is 9.92. The van der Waals surface area contributed by atoms with E-state index in [2.05, 4.69) is 4.90 Å². The van der Waals surface area contributed by atoms with Gasteiger partial charge in [0.1, 0.15) is 11.4 Å². The Morgan fingerprint density at radius 3 is 2.30 bits per heavy atom. The lowest BCUT2D eigenvalue weighted by Gasteiger charge is -2.49. The second kappa shape index (κ2) is 11.7. The summed E-state index contributed by atoms with van der Waals surface area (Å²) in [6.45, 7) is 3.62. The average molecular weight is 658 g/mol. The summed E-state index contributed by atoms with van der Waals surface area (Å²) >= 11 is 0. The molecule has 3 aliphatic heterocycles. The van der Waals surface area contributed by atoms with E-state index < -0.39 is 46.4 Å². The molecule has 0 spiro atoms. The Morgan fingerprint density at radius 2 is 1.72 bits per heavy atom. The predicted molar refractivity (Wildman–Crippen MR) is 152 cm³/mol. The fourth-order valence-electron chi connectivity index (χ4n) is 7.40. The first-order chi connectivity index (χ1) is 21.6. The van der Waals surface area contributed by atoms with Crippen LogP contribution in [0.2, 0.25) is 0 Å². The highest BCUT2D eigenvalue weighted by Gasteiger charge is 2.56. The van der Waals surface area contributed by atoms with Crippen molar-refractivity contribution < 1.29 is 50.2 Å². The third-order valence-electron chi connectivity index (χ3n) is 9.92. The number of ether oxygens (including phenoxy) is 1. The summed E-state index contributed by atoms with van der Waals surface area (Å²) in [7, 11) is 0. The summed E-state index contributed by atoms with van der Waals surface area (Å²) < 4.78 is 102. The van der Waals surface area contributed by atoms with Gasteiger partial charge in [0.05, 0.1) is 23.3 Å². The fraction of sp³-hybridized carbons (Fsp3) is 0.562. The molecule has 2 aromatic carbocycles. The van der Waals surface area contributed by atoms with Gasteiger partial charge in [0.2, 0.25) is 0 Å². The molecule has 4 aliphatic rings. The van der Waals surface area contributed by atoms with E-state index in [1.807, 2.05) is 11.8 Å². The number of amides is 1. The number of piperazine rings is 1. The number of rotatable bonds is 5. The van der Waals surface area contributed by atoms with Crippen molar-refractivity contribution in [3.8, 4) is 0 Å². The maximum Gasteiger partial charge on any atom is 0.416 e. The Labute approximate surface area is 260 Å². The van der Waals surface area contributed by atoms with Crippen LogP contribution in [0.5, 0.6) is 0 Å². The van der Waals surface area contributed by atoms with E-state index in [9.17, 15) is 45.4 Å². The number of halogens is 7. The molecule has 7 nitrogen and oxygen atoms in total. The van der Waals surface area contributed by atoms with Crippen LogP contribution in [0.15, 0.2) is 30.3 Å². The molecule has 6 rings (SSSR count). The van der Waals surface area contributed by atoms with Crippen LogP contribution in [0.1, 0.15) is 65.2 Å². The van der Waals surface area contributed by atoms with Gasteiger partial charge in [-0.05, 0) is 86.4 Å². The highest BCUT2D eigenvalue weighted by molar-refractivity contribution is 5.89. The molecule has 46 heavy (non-hydrogen) atoms. The molecule has 2 saturated heterocycles. The zero-order valence-corrected chi connectivity index (χ0v) is 25.1. The van der Waals surface area contributed by atoms with Crippen LogP contribution in [0.4, 0.5) is 36.4 Å². The van der Waals surface area contributed by atoms with E-state index in [4.69, 9.17) is 4.74 Å². The zero-order valence-electron chi connectivity index (χ0n) is 25.1. The Bertz CT molecular complexity index is 1520. The van der Waals surface area contributed by atoms with Gasteiger partial charge in [-0.3, -0.25) is 9.69 Å². The van der Waals surface area contributed by atoms with E-state index in [-0.39, 0.29) is 67.2 Å². The maximum atomic E-state index is 14.0. The number of carboxylic acids is 1. The SMILES string of the molecule is C[C@H]1CN(C2CC[C@@](C(=O)N3CCc4c(cc(C(F)(F)F)cc4C(F)(F)F)C3)(C3CC3)OC2)CCN1c1ccc(F)c(C(=O)O)c1. The number of carbonyl (C=O) groups is 2. The van der Waals surface area contributed by atoms with Crippen molar-refractivity contribution in [1.29, 1.82) is 0 Å². The minimum absolute atomic E-state index is 0.0159. The van der Waals surface area contributed by atoms with Crippen molar-refractivity contribution >= 4 is 17.6 Å². The number of hydrogen-bond acceptors (Lipinski definition) is 5. The zero-order chi connectivity index (χ0) is 33.2. The van der Waals surface area contributed by atoms with Crippen LogP contribution in [0.3, 0.4) is 0 Å². The Morgan fingerprint density at radius 1 is 0.978 bits per heavy atom. The lowest BCUT2D eigenvalue weighted by Crippen LogP contribution is -2.61. The van der Waals surface area contributed by atoms with Gasteiger partial charge in [0.15, 0.2) is 0 Å². The van der Waals surface area contributed by atoms with Gasteiger partial charge >= 0.3 is 18.3 Å². The van der Waals surface area contributed by atoms with Gasteiger partial charge in [0.25, 0.3) is 5.91 Å². The molecule has 3 atom stereocenters. The number of carbonyl (C=O) groups excluding carboxylic acids is 1. The van der Waals surface area contributed by atoms with Crippen molar-refractivity contribution in [2.45, 2.75) is 75.6 Å². The quantitative estimate of drug-likeness (QED) is 0.399. The molecular weight excluding hydrogens is 623 g/mol. The molecule has 2 aromatic rings. The van der Waals surface area contributed by atoms with Gasteiger partial charge < -0.3 is 19.6 Å². The molecule has 0 bridgehead atoms. The molecule has 3 fully saturated rings. The second-order valence-corrected chi connectivity index (χ2v) is 12.8. The summed E-state index contributed by atoms with van der Waals surface area (Å²) in [6, 6.07) is 4.86. The van der Waals surface area contributed by atoms with Crippen molar-refractivity contribution in [1.82, 2.24) is 9.80 Å². The fourth-order valence-corrected chi connectivity index (χ4v) is 7.40. The van der Waals surface area contributed by atoms with Gasteiger partial charge in [0, 0.05) is 50.5 Å². The van der Waals surface area contributed by atoms with Crippen molar-refractivity contribution in [3.05, 3.63) is 64.0 Å². The highest BCUT2D eigenvalue weighted by atomic mass is 19.4. The predicted octanol–water partition coefficient (Wildman–Crippen LogP) is 5.98. The number of nitrogens with zero attached hydrogens (tertiary/aromatic N) is 3. The molecule has 0 radical (unpaired) electrons. The minimum atomic E-state index is -4.97. The molecule has 1 aliphatic carbocycles. The molecule has 14 heteroatoms. The molecule has 3 heterocycles. The largest absolute Gasteiger partial charge is 0.478 e. The number of anilines is 1. The average Bonchev–Trinajstić information content (AvgIpc) is 3.85. The monoisotopic (exact) mass is 657 g/mol. The molecule has 1 unspecified atom stereocenters.